The van der Waals surface area contributed by atoms with Gasteiger partial charge in [0.2, 0.25) is 5.95 Å². The molecule has 8 nitrogen and oxygen atoms in total. The van der Waals surface area contributed by atoms with Gasteiger partial charge in [0.1, 0.15) is 0 Å². The Morgan fingerprint density at radius 1 is 1.06 bits per heavy atom. The Morgan fingerprint density at radius 2 is 1.81 bits per heavy atom. The van der Waals surface area contributed by atoms with Crippen molar-refractivity contribution in [2.75, 3.05) is 36.9 Å². The van der Waals surface area contributed by atoms with Crippen molar-refractivity contribution in [3.63, 3.8) is 0 Å². The van der Waals surface area contributed by atoms with E-state index in [1.54, 1.807) is 48.8 Å². The summed E-state index contributed by atoms with van der Waals surface area (Å²) in [5.74, 6) is -0.0504. The van der Waals surface area contributed by atoms with Crippen LogP contribution in [-0.4, -0.2) is 44.7 Å². The third-order valence-corrected chi connectivity index (χ3v) is 6.71. The van der Waals surface area contributed by atoms with Crippen LogP contribution in [0.15, 0.2) is 59.8 Å². The van der Waals surface area contributed by atoms with Crippen LogP contribution >= 0.6 is 0 Å². The second-order valence-electron chi connectivity index (χ2n) is 7.22. The molecule has 0 aliphatic carbocycles. The van der Waals surface area contributed by atoms with Crippen molar-refractivity contribution < 1.29 is 13.2 Å². The fourth-order valence-corrected chi connectivity index (χ4v) is 4.85. The van der Waals surface area contributed by atoms with E-state index in [0.29, 0.717) is 48.6 Å². The van der Waals surface area contributed by atoms with Crippen molar-refractivity contribution in [2.24, 2.45) is 0 Å². The van der Waals surface area contributed by atoms with Gasteiger partial charge in [-0.3, -0.25) is 0 Å². The van der Waals surface area contributed by atoms with Crippen LogP contribution in [0.3, 0.4) is 0 Å². The minimum atomic E-state index is -3.67. The number of aromatic nitrogens is 2. The van der Waals surface area contributed by atoms with Crippen molar-refractivity contribution in [2.45, 2.75) is 10.6 Å². The smallest absolute Gasteiger partial charge is 0.219 e. The van der Waals surface area contributed by atoms with Gasteiger partial charge < -0.3 is 15.4 Å². The largest absolute Gasteiger partial charge is 0.378 e. The Balaban J connectivity index is 1.76. The summed E-state index contributed by atoms with van der Waals surface area (Å²) in [6, 6.07) is 13.9. The first kappa shape index (κ1) is 20.8. The van der Waals surface area contributed by atoms with Gasteiger partial charge in [-0.05, 0) is 41.5 Å². The fourth-order valence-electron chi connectivity index (χ4n) is 3.45. The first-order valence-electron chi connectivity index (χ1n) is 9.72. The van der Waals surface area contributed by atoms with Crippen molar-refractivity contribution in [1.29, 1.82) is 5.26 Å². The second-order valence-corrected chi connectivity index (χ2v) is 9.21. The van der Waals surface area contributed by atoms with Gasteiger partial charge in [0.15, 0.2) is 9.84 Å². The number of nitrogens with two attached hydrogens (primary N) is 1. The van der Waals surface area contributed by atoms with Gasteiger partial charge in [-0.1, -0.05) is 12.1 Å². The Bertz CT molecular complexity index is 1230. The number of benzene rings is 2. The molecule has 158 valence electrons. The maximum Gasteiger partial charge on any atom is 0.219 e. The summed E-state index contributed by atoms with van der Waals surface area (Å²) >= 11 is 0. The predicted molar refractivity (Wildman–Crippen MR) is 117 cm³/mol. The standard InChI is InChI=1S/C22H21N5O3S/c23-12-16-2-1-3-17(8-16)15-31(28,29)21-10-18(19-13-25-22(24)26-14-19)9-20(11-21)27-4-6-30-7-5-27/h1-3,8-11,13-14H,4-7,15H2,(H2,24,25,26). The minimum absolute atomic E-state index is 0.151. The highest BCUT2D eigenvalue weighted by molar-refractivity contribution is 7.90. The second kappa shape index (κ2) is 8.71. The minimum Gasteiger partial charge on any atom is -0.378 e. The number of anilines is 2. The molecule has 1 fully saturated rings. The monoisotopic (exact) mass is 435 g/mol. The number of nitrogens with zero attached hydrogens (tertiary/aromatic N) is 4. The summed E-state index contributed by atoms with van der Waals surface area (Å²) in [5, 5.41) is 9.10. The Morgan fingerprint density at radius 3 is 2.52 bits per heavy atom. The highest BCUT2D eigenvalue weighted by Gasteiger charge is 2.21. The third kappa shape index (κ3) is 4.82. The number of ether oxygens (including phenoxy) is 1. The summed E-state index contributed by atoms with van der Waals surface area (Å²) in [4.78, 5) is 10.4. The van der Waals surface area contributed by atoms with Crippen molar-refractivity contribution in [3.05, 3.63) is 66.0 Å². The molecule has 1 aliphatic rings. The average molecular weight is 436 g/mol. The van der Waals surface area contributed by atoms with E-state index in [1.165, 1.54) is 0 Å². The normalized spacial score (nSPS) is 14.2. The quantitative estimate of drug-likeness (QED) is 0.648. The lowest BCUT2D eigenvalue weighted by Crippen LogP contribution is -2.36. The Hall–Kier alpha value is -3.48. The first-order chi connectivity index (χ1) is 14.9. The molecule has 4 rings (SSSR count). The lowest BCUT2D eigenvalue weighted by atomic mass is 10.1. The molecule has 31 heavy (non-hydrogen) atoms. The molecule has 0 spiro atoms. The predicted octanol–water partition coefficient (Wildman–Crippen LogP) is 2.41. The molecular weight excluding hydrogens is 414 g/mol. The number of sulfone groups is 1. The van der Waals surface area contributed by atoms with Crippen molar-refractivity contribution >= 4 is 21.5 Å². The zero-order chi connectivity index (χ0) is 21.8. The van der Waals surface area contributed by atoms with E-state index in [0.717, 1.165) is 5.69 Å². The number of morpholine rings is 1. The van der Waals surface area contributed by atoms with E-state index in [1.807, 2.05) is 12.1 Å². The van der Waals surface area contributed by atoms with E-state index in [4.69, 9.17) is 15.7 Å². The summed E-state index contributed by atoms with van der Waals surface area (Å²) in [6.45, 7) is 2.51. The Labute approximate surface area is 180 Å². The summed E-state index contributed by atoms with van der Waals surface area (Å²) in [6.07, 6.45) is 3.15. The first-order valence-corrected chi connectivity index (χ1v) is 11.4. The number of nitrogen functional groups attached to an aromatic ring is 1. The van der Waals surface area contributed by atoms with Crippen LogP contribution in [0, 0.1) is 11.3 Å². The molecule has 0 saturated carbocycles. The van der Waals surface area contributed by atoms with Crippen molar-refractivity contribution in [3.8, 4) is 17.2 Å². The highest BCUT2D eigenvalue weighted by Crippen LogP contribution is 2.30. The van der Waals surface area contributed by atoms with Gasteiger partial charge in [-0.15, -0.1) is 0 Å². The number of hydrogen-bond donors (Lipinski definition) is 1. The summed E-state index contributed by atoms with van der Waals surface area (Å²) in [7, 11) is -3.67. The molecule has 0 unspecified atom stereocenters. The Kier molecular flexibility index (Phi) is 5.84. The van der Waals surface area contributed by atoms with E-state index in [2.05, 4.69) is 14.9 Å². The number of hydrogen-bond acceptors (Lipinski definition) is 8. The van der Waals surface area contributed by atoms with E-state index >= 15 is 0 Å². The SMILES string of the molecule is N#Cc1cccc(CS(=O)(=O)c2cc(-c3cnc(N)nc3)cc(N3CCOCC3)c2)c1. The number of rotatable bonds is 5. The lowest BCUT2D eigenvalue weighted by Gasteiger charge is -2.29. The molecule has 9 heteroatoms. The topological polar surface area (TPSA) is 122 Å². The van der Waals surface area contributed by atoms with E-state index in [9.17, 15) is 8.42 Å². The molecule has 0 atom stereocenters. The van der Waals surface area contributed by atoms with Crippen LogP contribution in [0.2, 0.25) is 0 Å². The van der Waals surface area contributed by atoms with Gasteiger partial charge in [0, 0.05) is 36.7 Å². The molecule has 2 N–H and O–H groups in total. The highest BCUT2D eigenvalue weighted by atomic mass is 32.2. The molecule has 0 amide bonds. The lowest BCUT2D eigenvalue weighted by molar-refractivity contribution is 0.122. The van der Waals surface area contributed by atoms with Crippen LogP contribution in [0.5, 0.6) is 0 Å². The fraction of sp³-hybridized carbons (Fsp3) is 0.227. The van der Waals surface area contributed by atoms with Crippen LogP contribution in [0.25, 0.3) is 11.1 Å². The third-order valence-electron chi connectivity index (χ3n) is 5.04. The molecule has 3 aromatic rings. The maximum atomic E-state index is 13.3. The van der Waals surface area contributed by atoms with Crippen LogP contribution in [0.1, 0.15) is 11.1 Å². The average Bonchev–Trinajstić information content (AvgIpc) is 2.79. The van der Waals surface area contributed by atoms with E-state index in [-0.39, 0.29) is 16.6 Å². The summed E-state index contributed by atoms with van der Waals surface area (Å²) < 4.78 is 32.0. The summed E-state index contributed by atoms with van der Waals surface area (Å²) in [5.41, 5.74) is 8.74. The van der Waals surface area contributed by atoms with Gasteiger partial charge in [0.25, 0.3) is 0 Å². The molecule has 1 aromatic heterocycles. The molecular formula is C22H21N5O3S. The van der Waals surface area contributed by atoms with Gasteiger partial charge >= 0.3 is 0 Å². The number of nitriles is 1. The van der Waals surface area contributed by atoms with Gasteiger partial charge in [-0.2, -0.15) is 5.26 Å². The molecule has 2 aromatic carbocycles. The zero-order valence-electron chi connectivity index (χ0n) is 16.7. The maximum absolute atomic E-state index is 13.3. The zero-order valence-corrected chi connectivity index (χ0v) is 17.5. The van der Waals surface area contributed by atoms with Crippen LogP contribution < -0.4 is 10.6 Å². The molecule has 2 heterocycles. The van der Waals surface area contributed by atoms with Crippen LogP contribution in [-0.2, 0) is 20.3 Å². The molecule has 1 saturated heterocycles. The molecule has 0 bridgehead atoms. The molecule has 0 radical (unpaired) electrons. The van der Waals surface area contributed by atoms with E-state index < -0.39 is 9.84 Å². The van der Waals surface area contributed by atoms with Gasteiger partial charge in [-0.25, -0.2) is 18.4 Å². The van der Waals surface area contributed by atoms with Crippen LogP contribution in [0.4, 0.5) is 11.6 Å². The van der Waals surface area contributed by atoms with Gasteiger partial charge in [0.05, 0.1) is 35.5 Å². The molecule has 1 aliphatic heterocycles. The van der Waals surface area contributed by atoms with Crippen molar-refractivity contribution in [1.82, 2.24) is 9.97 Å².